The second kappa shape index (κ2) is 10.7. The van der Waals surface area contributed by atoms with E-state index in [1.807, 2.05) is 67.5 Å². The third kappa shape index (κ3) is 4.97. The van der Waals surface area contributed by atoms with Crippen LogP contribution >= 0.6 is 11.3 Å². The molecule has 0 spiro atoms. The molecule has 0 N–H and O–H groups in total. The molecule has 0 saturated heterocycles. The smallest absolute Gasteiger partial charge is 0.268 e. The number of amides is 2. The van der Waals surface area contributed by atoms with Crippen LogP contribution in [-0.4, -0.2) is 51.2 Å². The SMILES string of the molecule is CCN1C(=O)C(C)(C)C(=O)N(C)c2cc(CN(CCn3ccc4ccsc4c3=O)Cc3cc(C)nn3C)ccc21. The third-order valence-electron chi connectivity index (χ3n) is 7.76. The lowest BCUT2D eigenvalue weighted by molar-refractivity contribution is -0.137. The first-order chi connectivity index (χ1) is 19.0. The van der Waals surface area contributed by atoms with Crippen LogP contribution in [0, 0.1) is 12.3 Å². The van der Waals surface area contributed by atoms with Crippen molar-refractivity contribution in [2.75, 3.05) is 29.9 Å². The minimum Gasteiger partial charge on any atom is -0.313 e. The summed E-state index contributed by atoms with van der Waals surface area (Å²) in [7, 11) is 3.68. The van der Waals surface area contributed by atoms with E-state index >= 15 is 0 Å². The first-order valence-corrected chi connectivity index (χ1v) is 14.4. The number of anilines is 2. The molecule has 4 heterocycles. The number of pyridine rings is 1. The van der Waals surface area contributed by atoms with Crippen LogP contribution in [0.25, 0.3) is 10.1 Å². The van der Waals surface area contributed by atoms with E-state index in [0.717, 1.165) is 38.4 Å². The molecule has 0 fully saturated rings. The topological polar surface area (TPSA) is 83.7 Å². The zero-order valence-corrected chi connectivity index (χ0v) is 24.8. The van der Waals surface area contributed by atoms with E-state index in [0.29, 0.717) is 32.7 Å². The number of carbonyl (C=O) groups is 2. The second-order valence-electron chi connectivity index (χ2n) is 11.0. The molecule has 210 valence electrons. The minimum absolute atomic E-state index is 0.0286. The van der Waals surface area contributed by atoms with Gasteiger partial charge in [-0.15, -0.1) is 11.3 Å². The summed E-state index contributed by atoms with van der Waals surface area (Å²) < 4.78 is 4.44. The summed E-state index contributed by atoms with van der Waals surface area (Å²) in [6.45, 7) is 10.2. The van der Waals surface area contributed by atoms with Crippen LogP contribution in [0.1, 0.15) is 37.7 Å². The molecule has 40 heavy (non-hydrogen) atoms. The van der Waals surface area contributed by atoms with Gasteiger partial charge in [-0.2, -0.15) is 5.10 Å². The number of fused-ring (bicyclic) bond motifs is 2. The minimum atomic E-state index is -1.15. The number of rotatable bonds is 8. The van der Waals surface area contributed by atoms with Gasteiger partial charge in [0.1, 0.15) is 5.41 Å². The fraction of sp³-hybridized carbons (Fsp3) is 0.400. The zero-order valence-electron chi connectivity index (χ0n) is 24.0. The molecule has 0 aliphatic carbocycles. The highest BCUT2D eigenvalue weighted by Gasteiger charge is 2.45. The van der Waals surface area contributed by atoms with Gasteiger partial charge in [0.2, 0.25) is 11.8 Å². The zero-order chi connectivity index (χ0) is 28.8. The van der Waals surface area contributed by atoms with E-state index in [-0.39, 0.29) is 17.4 Å². The number of thiophene rings is 1. The van der Waals surface area contributed by atoms with Crippen molar-refractivity contribution in [2.45, 2.75) is 47.3 Å². The molecule has 10 heteroatoms. The van der Waals surface area contributed by atoms with Gasteiger partial charge in [-0.05, 0) is 74.4 Å². The molecule has 0 radical (unpaired) electrons. The number of hydrogen-bond donors (Lipinski definition) is 0. The second-order valence-corrected chi connectivity index (χ2v) is 11.9. The Kier molecular flexibility index (Phi) is 7.41. The van der Waals surface area contributed by atoms with Crippen LogP contribution in [-0.2, 0) is 36.3 Å². The summed E-state index contributed by atoms with van der Waals surface area (Å²) in [5.41, 5.74) is 3.38. The van der Waals surface area contributed by atoms with E-state index in [1.165, 1.54) is 11.3 Å². The van der Waals surface area contributed by atoms with Crippen molar-refractivity contribution in [2.24, 2.45) is 12.5 Å². The van der Waals surface area contributed by atoms with Gasteiger partial charge in [-0.1, -0.05) is 6.07 Å². The maximum absolute atomic E-state index is 13.3. The summed E-state index contributed by atoms with van der Waals surface area (Å²) in [5.74, 6) is -0.419. The van der Waals surface area contributed by atoms with Gasteiger partial charge in [-0.3, -0.25) is 24.0 Å². The van der Waals surface area contributed by atoms with Crippen molar-refractivity contribution in [1.82, 2.24) is 19.2 Å². The van der Waals surface area contributed by atoms with Crippen LogP contribution < -0.4 is 15.4 Å². The predicted molar refractivity (Wildman–Crippen MR) is 160 cm³/mol. The molecule has 5 rings (SSSR count). The number of hydrogen-bond acceptors (Lipinski definition) is 6. The first kappa shape index (κ1) is 27.8. The van der Waals surface area contributed by atoms with Crippen molar-refractivity contribution in [3.63, 3.8) is 0 Å². The van der Waals surface area contributed by atoms with Crippen molar-refractivity contribution < 1.29 is 9.59 Å². The Labute approximate surface area is 238 Å². The molecule has 0 unspecified atom stereocenters. The van der Waals surface area contributed by atoms with Crippen molar-refractivity contribution >= 4 is 44.6 Å². The molecule has 3 aromatic heterocycles. The number of aromatic nitrogens is 3. The highest BCUT2D eigenvalue weighted by molar-refractivity contribution is 7.17. The Morgan fingerprint density at radius 2 is 1.75 bits per heavy atom. The molecule has 0 saturated carbocycles. The average molecular weight is 561 g/mol. The first-order valence-electron chi connectivity index (χ1n) is 13.5. The van der Waals surface area contributed by atoms with Gasteiger partial charge in [0, 0.05) is 53.0 Å². The number of benzene rings is 1. The Morgan fingerprint density at radius 1 is 0.975 bits per heavy atom. The summed E-state index contributed by atoms with van der Waals surface area (Å²) in [6, 6.07) is 12.0. The molecule has 1 aliphatic heterocycles. The van der Waals surface area contributed by atoms with Gasteiger partial charge in [0.05, 0.1) is 27.5 Å². The quantitative estimate of drug-likeness (QED) is 0.302. The molecular formula is C30H36N6O3S. The van der Waals surface area contributed by atoms with Crippen LogP contribution in [0.4, 0.5) is 11.4 Å². The van der Waals surface area contributed by atoms with E-state index in [1.54, 1.807) is 35.3 Å². The van der Waals surface area contributed by atoms with Crippen LogP contribution in [0.5, 0.6) is 0 Å². The molecule has 2 amide bonds. The Morgan fingerprint density at radius 3 is 2.45 bits per heavy atom. The molecule has 4 aromatic rings. The largest absolute Gasteiger partial charge is 0.313 e. The van der Waals surface area contributed by atoms with Gasteiger partial charge >= 0.3 is 0 Å². The summed E-state index contributed by atoms with van der Waals surface area (Å²) in [6.07, 6.45) is 1.87. The fourth-order valence-corrected chi connectivity index (χ4v) is 6.32. The summed E-state index contributed by atoms with van der Waals surface area (Å²) >= 11 is 1.47. The fourth-order valence-electron chi connectivity index (χ4n) is 5.48. The summed E-state index contributed by atoms with van der Waals surface area (Å²) in [5, 5.41) is 7.43. The standard InChI is InChI=1S/C30H36N6O3S/c1-7-36-24-9-8-21(17-25(24)32(5)28(38)30(3,4)29(36)39)18-34(19-23-16-20(2)31-33(23)6)13-14-35-12-10-22-11-15-40-26(22)27(35)37/h8-12,15-17H,7,13-14,18-19H2,1-6H3. The van der Waals surface area contributed by atoms with Crippen LogP contribution in [0.2, 0.25) is 0 Å². The third-order valence-corrected chi connectivity index (χ3v) is 8.68. The van der Waals surface area contributed by atoms with Crippen molar-refractivity contribution in [3.05, 3.63) is 75.3 Å². The van der Waals surface area contributed by atoms with E-state index in [2.05, 4.69) is 16.1 Å². The van der Waals surface area contributed by atoms with Gasteiger partial charge in [0.25, 0.3) is 5.56 Å². The highest BCUT2D eigenvalue weighted by Crippen LogP contribution is 2.39. The van der Waals surface area contributed by atoms with E-state index < -0.39 is 5.41 Å². The van der Waals surface area contributed by atoms with E-state index in [4.69, 9.17) is 0 Å². The number of carbonyl (C=O) groups excluding carboxylic acids is 2. The maximum Gasteiger partial charge on any atom is 0.268 e. The maximum atomic E-state index is 13.3. The highest BCUT2D eigenvalue weighted by atomic mass is 32.1. The average Bonchev–Trinajstić information content (AvgIpc) is 3.52. The van der Waals surface area contributed by atoms with Gasteiger partial charge in [-0.25, -0.2) is 0 Å². The Bertz CT molecular complexity index is 1650. The molecule has 0 atom stereocenters. The van der Waals surface area contributed by atoms with E-state index in [9.17, 15) is 14.4 Å². The lowest BCUT2D eigenvalue weighted by Crippen LogP contribution is -2.47. The van der Waals surface area contributed by atoms with Crippen molar-refractivity contribution in [3.8, 4) is 0 Å². The number of nitrogens with zero attached hydrogens (tertiary/aromatic N) is 6. The monoisotopic (exact) mass is 560 g/mol. The van der Waals surface area contributed by atoms with Crippen LogP contribution in [0.3, 0.4) is 0 Å². The van der Waals surface area contributed by atoms with Crippen LogP contribution in [0.15, 0.2) is 52.8 Å². The van der Waals surface area contributed by atoms with Gasteiger partial charge < -0.3 is 14.4 Å². The van der Waals surface area contributed by atoms with Gasteiger partial charge in [0.15, 0.2) is 0 Å². The molecule has 1 aliphatic rings. The molecule has 9 nitrogen and oxygen atoms in total. The Hall–Kier alpha value is -3.76. The number of aryl methyl sites for hydroxylation is 2. The normalized spacial score (nSPS) is 15.3. The molecular weight excluding hydrogens is 524 g/mol. The predicted octanol–water partition coefficient (Wildman–Crippen LogP) is 4.16. The summed E-state index contributed by atoms with van der Waals surface area (Å²) in [4.78, 5) is 45.2. The Balaban J connectivity index is 1.46. The lowest BCUT2D eigenvalue weighted by atomic mass is 9.90. The molecule has 0 bridgehead atoms. The molecule has 1 aromatic carbocycles. The van der Waals surface area contributed by atoms with Crippen molar-refractivity contribution in [1.29, 1.82) is 0 Å². The lowest BCUT2D eigenvalue weighted by Gasteiger charge is -2.27.